The molecule has 1 saturated heterocycles. The van der Waals surface area contributed by atoms with Crippen molar-refractivity contribution in [3.8, 4) is 0 Å². The van der Waals surface area contributed by atoms with Crippen LogP contribution in [0.5, 0.6) is 0 Å². The van der Waals surface area contributed by atoms with E-state index in [2.05, 4.69) is 6.92 Å². The lowest BCUT2D eigenvalue weighted by molar-refractivity contribution is -0.144. The Bertz CT molecular complexity index is 178. The summed E-state index contributed by atoms with van der Waals surface area (Å²) in [6.07, 6.45) is -2.60. The number of rotatable bonds is 3. The quantitative estimate of drug-likeness (QED) is 0.426. The molecular formula is C9H18NO4. The van der Waals surface area contributed by atoms with Crippen molar-refractivity contribution in [3.63, 3.8) is 0 Å². The zero-order chi connectivity index (χ0) is 10.7. The Hall–Kier alpha value is -0.200. The second-order valence-electron chi connectivity index (χ2n) is 3.65. The van der Waals surface area contributed by atoms with Gasteiger partial charge in [-0.15, -0.1) is 0 Å². The van der Waals surface area contributed by atoms with Crippen LogP contribution in [-0.2, 0) is 0 Å². The number of hydrogen-bond donors (Lipinski definition) is 4. The Morgan fingerprint density at radius 3 is 2.36 bits per heavy atom. The van der Waals surface area contributed by atoms with Crippen molar-refractivity contribution in [3.05, 3.63) is 6.92 Å². The average molecular weight is 204 g/mol. The molecule has 5 nitrogen and oxygen atoms in total. The maximum atomic E-state index is 9.57. The first-order valence-corrected chi connectivity index (χ1v) is 4.80. The van der Waals surface area contributed by atoms with Gasteiger partial charge in [0.2, 0.25) is 0 Å². The van der Waals surface area contributed by atoms with E-state index >= 15 is 0 Å². The van der Waals surface area contributed by atoms with Gasteiger partial charge in [0.1, 0.15) is 12.2 Å². The fraction of sp³-hybridized carbons (Fsp3) is 0.889. The molecule has 1 aliphatic rings. The summed E-state index contributed by atoms with van der Waals surface area (Å²) >= 11 is 0. The molecule has 4 N–H and O–H groups in total. The highest BCUT2D eigenvalue weighted by Crippen LogP contribution is 2.18. The SMILES string of the molecule is [CH2]CCN1CC(O)C(O)[C@H](O)C1CO. The van der Waals surface area contributed by atoms with E-state index in [-0.39, 0.29) is 13.2 Å². The lowest BCUT2D eigenvalue weighted by Crippen LogP contribution is -2.62. The van der Waals surface area contributed by atoms with Crippen LogP contribution in [0.2, 0.25) is 0 Å². The molecule has 83 valence electrons. The summed E-state index contributed by atoms with van der Waals surface area (Å²) in [6, 6.07) is -0.504. The van der Waals surface area contributed by atoms with Crippen LogP contribution in [0.15, 0.2) is 0 Å². The number of nitrogens with zero attached hydrogens (tertiary/aromatic N) is 1. The Labute approximate surface area is 83.6 Å². The fourth-order valence-electron chi connectivity index (χ4n) is 1.84. The molecule has 0 aromatic heterocycles. The predicted octanol–water partition coefficient (Wildman–Crippen LogP) is -2.03. The predicted molar refractivity (Wildman–Crippen MR) is 50.4 cm³/mol. The van der Waals surface area contributed by atoms with E-state index in [1.807, 2.05) is 0 Å². The van der Waals surface area contributed by atoms with Crippen molar-refractivity contribution in [2.24, 2.45) is 0 Å². The van der Waals surface area contributed by atoms with Gasteiger partial charge in [0.05, 0.1) is 18.8 Å². The van der Waals surface area contributed by atoms with Gasteiger partial charge in [-0.1, -0.05) is 6.92 Å². The number of piperidine rings is 1. The van der Waals surface area contributed by atoms with E-state index in [4.69, 9.17) is 5.11 Å². The minimum Gasteiger partial charge on any atom is -0.395 e. The summed E-state index contributed by atoms with van der Waals surface area (Å²) in [5.74, 6) is 0. The molecule has 0 spiro atoms. The average Bonchev–Trinajstić information content (AvgIpc) is 2.16. The van der Waals surface area contributed by atoms with Crippen LogP contribution in [0.3, 0.4) is 0 Å². The highest BCUT2D eigenvalue weighted by Gasteiger charge is 2.40. The highest BCUT2D eigenvalue weighted by atomic mass is 16.4. The molecule has 4 atom stereocenters. The molecule has 1 aliphatic heterocycles. The van der Waals surface area contributed by atoms with E-state index in [0.717, 1.165) is 0 Å². The normalized spacial score (nSPS) is 40.1. The fourth-order valence-corrected chi connectivity index (χ4v) is 1.84. The van der Waals surface area contributed by atoms with Gasteiger partial charge >= 0.3 is 0 Å². The van der Waals surface area contributed by atoms with Crippen LogP contribution in [0.1, 0.15) is 6.42 Å². The third-order valence-corrected chi connectivity index (χ3v) is 2.66. The van der Waals surface area contributed by atoms with Gasteiger partial charge in [-0.25, -0.2) is 0 Å². The minimum absolute atomic E-state index is 0.231. The Morgan fingerprint density at radius 2 is 1.86 bits per heavy atom. The topological polar surface area (TPSA) is 84.2 Å². The summed E-state index contributed by atoms with van der Waals surface area (Å²) in [7, 11) is 0. The smallest absolute Gasteiger partial charge is 0.109 e. The second-order valence-corrected chi connectivity index (χ2v) is 3.65. The summed E-state index contributed by atoms with van der Waals surface area (Å²) in [5, 5.41) is 37.4. The molecule has 0 aromatic rings. The maximum absolute atomic E-state index is 9.57. The number of aliphatic hydroxyl groups is 4. The molecule has 1 fully saturated rings. The van der Waals surface area contributed by atoms with Crippen molar-refractivity contribution in [1.29, 1.82) is 0 Å². The van der Waals surface area contributed by atoms with Crippen LogP contribution >= 0.6 is 0 Å². The summed E-state index contributed by atoms with van der Waals surface area (Å²) in [4.78, 5) is 1.75. The van der Waals surface area contributed by atoms with Crippen LogP contribution < -0.4 is 0 Å². The highest BCUT2D eigenvalue weighted by molar-refractivity contribution is 4.93. The van der Waals surface area contributed by atoms with E-state index < -0.39 is 24.4 Å². The van der Waals surface area contributed by atoms with Gasteiger partial charge in [-0.05, 0) is 13.0 Å². The molecule has 5 heteroatoms. The Morgan fingerprint density at radius 1 is 1.21 bits per heavy atom. The zero-order valence-electron chi connectivity index (χ0n) is 8.08. The van der Waals surface area contributed by atoms with Gasteiger partial charge in [0.25, 0.3) is 0 Å². The first-order valence-electron chi connectivity index (χ1n) is 4.80. The maximum Gasteiger partial charge on any atom is 0.109 e. The molecule has 0 saturated carbocycles. The van der Waals surface area contributed by atoms with Gasteiger partial charge in [-0.3, -0.25) is 4.90 Å². The molecule has 0 aromatic carbocycles. The molecule has 1 heterocycles. The molecule has 3 unspecified atom stereocenters. The molecule has 14 heavy (non-hydrogen) atoms. The third-order valence-electron chi connectivity index (χ3n) is 2.66. The lowest BCUT2D eigenvalue weighted by atomic mass is 9.94. The summed E-state index contributed by atoms with van der Waals surface area (Å²) in [5.41, 5.74) is 0. The van der Waals surface area contributed by atoms with Gasteiger partial charge in [0, 0.05) is 6.54 Å². The van der Waals surface area contributed by atoms with Crippen LogP contribution in [0.25, 0.3) is 0 Å². The lowest BCUT2D eigenvalue weighted by Gasteiger charge is -2.42. The van der Waals surface area contributed by atoms with Crippen molar-refractivity contribution in [1.82, 2.24) is 4.90 Å². The molecule has 0 aliphatic carbocycles. The van der Waals surface area contributed by atoms with Gasteiger partial charge in [0.15, 0.2) is 0 Å². The van der Waals surface area contributed by atoms with E-state index in [9.17, 15) is 15.3 Å². The first kappa shape index (κ1) is 11.9. The van der Waals surface area contributed by atoms with Crippen molar-refractivity contribution < 1.29 is 20.4 Å². The molecule has 0 bridgehead atoms. The molecule has 0 amide bonds. The monoisotopic (exact) mass is 204 g/mol. The Kier molecular flexibility index (Phi) is 4.28. The number of aliphatic hydroxyl groups excluding tert-OH is 4. The van der Waals surface area contributed by atoms with Crippen LogP contribution in [0, 0.1) is 6.92 Å². The standard InChI is InChI=1S/C9H18NO4/c1-2-3-10-4-7(12)9(14)8(13)6(10)5-11/h6-9,11-14H,1-5H2/t6?,7?,8-,9?/m1/s1. The van der Waals surface area contributed by atoms with Crippen LogP contribution in [-0.4, -0.2) is 69.4 Å². The largest absolute Gasteiger partial charge is 0.395 e. The summed E-state index contributed by atoms with van der Waals surface area (Å²) in [6.45, 7) is 4.29. The molecular weight excluding hydrogens is 186 g/mol. The first-order chi connectivity index (χ1) is 6.61. The van der Waals surface area contributed by atoms with E-state index in [0.29, 0.717) is 13.0 Å². The van der Waals surface area contributed by atoms with Crippen molar-refractivity contribution >= 4 is 0 Å². The minimum atomic E-state index is -1.17. The number of β-amino-alcohol motifs (C(OH)–C–C–N with tert-alkyl or cyclic N) is 1. The zero-order valence-corrected chi connectivity index (χ0v) is 8.08. The van der Waals surface area contributed by atoms with Crippen LogP contribution in [0.4, 0.5) is 0 Å². The summed E-state index contributed by atoms with van der Waals surface area (Å²) < 4.78 is 0. The van der Waals surface area contributed by atoms with E-state index in [1.54, 1.807) is 4.90 Å². The Balaban J connectivity index is 2.66. The van der Waals surface area contributed by atoms with Crippen molar-refractivity contribution in [2.45, 2.75) is 30.8 Å². The molecule has 1 rings (SSSR count). The third kappa shape index (κ3) is 2.24. The second kappa shape index (κ2) is 5.04. The van der Waals surface area contributed by atoms with E-state index in [1.165, 1.54) is 0 Å². The number of likely N-dealkylation sites (tertiary alicyclic amines) is 1. The van der Waals surface area contributed by atoms with Gasteiger partial charge in [-0.2, -0.15) is 0 Å². The molecule has 1 radical (unpaired) electrons. The van der Waals surface area contributed by atoms with Gasteiger partial charge < -0.3 is 20.4 Å². The van der Waals surface area contributed by atoms with Crippen molar-refractivity contribution in [2.75, 3.05) is 19.7 Å². The number of hydrogen-bond acceptors (Lipinski definition) is 5.